The molecular weight excluding hydrogens is 371 g/mol. The average molecular weight is 393 g/mol. The third-order valence-corrected chi connectivity index (χ3v) is 5.70. The van der Waals surface area contributed by atoms with Gasteiger partial charge >= 0.3 is 12.2 Å². The van der Waals surface area contributed by atoms with Crippen LogP contribution in [0.2, 0.25) is 0 Å². The van der Waals surface area contributed by atoms with Crippen LogP contribution in [0.1, 0.15) is 31.7 Å². The zero-order chi connectivity index (χ0) is 19.4. The van der Waals surface area contributed by atoms with Gasteiger partial charge in [-0.3, -0.25) is 0 Å². The highest BCUT2D eigenvalue weighted by atomic mass is 32.2. The number of hydrogen-bond donors (Lipinski definition) is 2. The number of nitrogens with one attached hydrogen (secondary N) is 2. The molecule has 0 atom stereocenters. The third-order valence-electron chi connectivity index (χ3n) is 4.06. The lowest BCUT2D eigenvalue weighted by Crippen LogP contribution is -2.48. The number of alkyl halides is 3. The normalized spacial score (nSPS) is 16.5. The van der Waals surface area contributed by atoms with Crippen LogP contribution in [0.4, 0.5) is 23.7 Å². The maximum absolute atomic E-state index is 12.5. The van der Waals surface area contributed by atoms with E-state index in [1.165, 1.54) is 17.0 Å². The smallest absolute Gasteiger partial charge is 0.324 e. The van der Waals surface area contributed by atoms with Crippen molar-refractivity contribution in [1.82, 2.24) is 9.62 Å². The van der Waals surface area contributed by atoms with Crippen LogP contribution in [0.5, 0.6) is 0 Å². The number of amides is 2. The van der Waals surface area contributed by atoms with Crippen molar-refractivity contribution in [3.63, 3.8) is 0 Å². The summed E-state index contributed by atoms with van der Waals surface area (Å²) >= 11 is 0. The van der Waals surface area contributed by atoms with Gasteiger partial charge in [-0.25, -0.2) is 17.9 Å². The third kappa shape index (κ3) is 5.87. The van der Waals surface area contributed by atoms with Gasteiger partial charge in [-0.15, -0.1) is 0 Å². The van der Waals surface area contributed by atoms with Crippen LogP contribution in [-0.2, 0) is 16.2 Å². The topological polar surface area (TPSA) is 78.5 Å². The van der Waals surface area contributed by atoms with Crippen LogP contribution < -0.4 is 10.0 Å². The van der Waals surface area contributed by atoms with Gasteiger partial charge < -0.3 is 10.2 Å². The zero-order valence-corrected chi connectivity index (χ0v) is 15.2. The Morgan fingerprint density at radius 1 is 1.19 bits per heavy atom. The minimum absolute atomic E-state index is 0.0711. The van der Waals surface area contributed by atoms with Crippen molar-refractivity contribution in [3.05, 3.63) is 29.8 Å². The SMILES string of the molecule is CCCS(=O)(=O)NC1CCN(C(=O)Nc2ccc(C(F)(F)F)cc2)CC1. The Labute approximate surface area is 150 Å². The van der Waals surface area contributed by atoms with E-state index >= 15 is 0 Å². The molecule has 26 heavy (non-hydrogen) atoms. The standard InChI is InChI=1S/C16H22F3N3O3S/c1-2-11-26(24,25)21-14-7-9-22(10-8-14)15(23)20-13-5-3-12(4-6-13)16(17,18)19/h3-6,14,21H,2,7-11H2,1H3,(H,20,23). The summed E-state index contributed by atoms with van der Waals surface area (Å²) in [6.07, 6.45) is -2.91. The summed E-state index contributed by atoms with van der Waals surface area (Å²) < 4.78 is 63.8. The maximum atomic E-state index is 12.5. The molecule has 0 spiro atoms. The summed E-state index contributed by atoms with van der Waals surface area (Å²) in [5.74, 6) is 0.0711. The number of likely N-dealkylation sites (tertiary alicyclic amines) is 1. The average Bonchev–Trinajstić information content (AvgIpc) is 2.54. The molecule has 1 aliphatic heterocycles. The van der Waals surface area contributed by atoms with Crippen molar-refractivity contribution in [3.8, 4) is 0 Å². The molecule has 0 aromatic heterocycles. The Balaban J connectivity index is 1.85. The zero-order valence-electron chi connectivity index (χ0n) is 14.3. The van der Waals surface area contributed by atoms with Crippen molar-refractivity contribution < 1.29 is 26.4 Å². The van der Waals surface area contributed by atoms with Crippen LogP contribution in [-0.4, -0.2) is 44.2 Å². The molecule has 0 saturated carbocycles. The Morgan fingerprint density at radius 2 is 1.77 bits per heavy atom. The van der Waals surface area contributed by atoms with Crippen molar-refractivity contribution in [1.29, 1.82) is 0 Å². The quantitative estimate of drug-likeness (QED) is 0.807. The van der Waals surface area contributed by atoms with Crippen molar-refractivity contribution in [2.45, 2.75) is 38.4 Å². The molecule has 1 fully saturated rings. The first-order valence-corrected chi connectivity index (χ1v) is 9.99. The van der Waals surface area contributed by atoms with Crippen molar-refractivity contribution in [2.24, 2.45) is 0 Å². The Kier molecular flexibility index (Phi) is 6.51. The first kappa shape index (κ1) is 20.5. The maximum Gasteiger partial charge on any atom is 0.416 e. The van der Waals surface area contributed by atoms with Gasteiger partial charge in [0.15, 0.2) is 0 Å². The van der Waals surface area contributed by atoms with Crippen LogP contribution in [0.15, 0.2) is 24.3 Å². The number of anilines is 1. The molecule has 6 nitrogen and oxygen atoms in total. The molecule has 2 amide bonds. The summed E-state index contributed by atoms with van der Waals surface area (Å²) in [4.78, 5) is 13.7. The first-order chi connectivity index (χ1) is 12.1. The fourth-order valence-corrected chi connectivity index (χ4v) is 4.13. The predicted molar refractivity (Wildman–Crippen MR) is 92.3 cm³/mol. The monoisotopic (exact) mass is 393 g/mol. The van der Waals surface area contributed by atoms with E-state index in [1.54, 1.807) is 6.92 Å². The number of nitrogens with zero attached hydrogens (tertiary/aromatic N) is 1. The fourth-order valence-electron chi connectivity index (χ4n) is 2.73. The van der Waals surface area contributed by atoms with E-state index in [0.29, 0.717) is 32.4 Å². The van der Waals surface area contributed by atoms with E-state index in [0.717, 1.165) is 12.1 Å². The molecule has 1 saturated heterocycles. The summed E-state index contributed by atoms with van der Waals surface area (Å²) in [5, 5.41) is 2.55. The van der Waals surface area contributed by atoms with E-state index in [4.69, 9.17) is 0 Å². The number of hydrogen-bond acceptors (Lipinski definition) is 3. The number of halogens is 3. The lowest BCUT2D eigenvalue weighted by Gasteiger charge is -2.32. The summed E-state index contributed by atoms with van der Waals surface area (Å²) in [7, 11) is -3.29. The number of urea groups is 1. The largest absolute Gasteiger partial charge is 0.416 e. The number of piperidine rings is 1. The van der Waals surface area contributed by atoms with Gasteiger partial charge in [0.05, 0.1) is 11.3 Å². The van der Waals surface area contributed by atoms with Gasteiger partial charge in [0.1, 0.15) is 0 Å². The molecule has 10 heteroatoms. The van der Waals surface area contributed by atoms with Crippen LogP contribution in [0.25, 0.3) is 0 Å². The molecule has 2 rings (SSSR count). The number of rotatable bonds is 5. The van der Waals surface area contributed by atoms with Crippen LogP contribution >= 0.6 is 0 Å². The molecule has 0 unspecified atom stereocenters. The Bertz CT molecular complexity index is 712. The molecule has 1 aromatic rings. The van der Waals surface area contributed by atoms with E-state index < -0.39 is 27.8 Å². The van der Waals surface area contributed by atoms with E-state index in [9.17, 15) is 26.4 Å². The lowest BCUT2D eigenvalue weighted by atomic mass is 10.1. The Hall–Kier alpha value is -1.81. The first-order valence-electron chi connectivity index (χ1n) is 8.34. The summed E-state index contributed by atoms with van der Waals surface area (Å²) in [6, 6.07) is 3.59. The molecule has 0 aliphatic carbocycles. The van der Waals surface area contributed by atoms with Gasteiger partial charge in [-0.2, -0.15) is 13.2 Å². The highest BCUT2D eigenvalue weighted by Gasteiger charge is 2.30. The molecule has 146 valence electrons. The summed E-state index contributed by atoms with van der Waals surface area (Å²) in [5.41, 5.74) is -0.510. The number of carbonyl (C=O) groups excluding carboxylic acids is 1. The number of carbonyl (C=O) groups is 1. The minimum atomic E-state index is -4.42. The van der Waals surface area contributed by atoms with Crippen molar-refractivity contribution in [2.75, 3.05) is 24.2 Å². The number of benzene rings is 1. The van der Waals surface area contributed by atoms with Gasteiger partial charge in [0.2, 0.25) is 10.0 Å². The second kappa shape index (κ2) is 8.26. The van der Waals surface area contributed by atoms with E-state index in [2.05, 4.69) is 10.0 Å². The van der Waals surface area contributed by atoms with Gasteiger partial charge in [0.25, 0.3) is 0 Å². The molecule has 0 bridgehead atoms. The number of sulfonamides is 1. The predicted octanol–water partition coefficient (Wildman–Crippen LogP) is 3.03. The van der Waals surface area contributed by atoms with E-state index in [-0.39, 0.29) is 17.5 Å². The minimum Gasteiger partial charge on any atom is -0.324 e. The van der Waals surface area contributed by atoms with Gasteiger partial charge in [-0.1, -0.05) is 6.92 Å². The van der Waals surface area contributed by atoms with Gasteiger partial charge in [0, 0.05) is 24.8 Å². The molecule has 1 heterocycles. The van der Waals surface area contributed by atoms with Crippen molar-refractivity contribution >= 4 is 21.7 Å². The lowest BCUT2D eigenvalue weighted by molar-refractivity contribution is -0.137. The second-order valence-corrected chi connectivity index (χ2v) is 8.08. The molecule has 2 N–H and O–H groups in total. The second-order valence-electron chi connectivity index (χ2n) is 6.20. The Morgan fingerprint density at radius 3 is 2.27 bits per heavy atom. The molecule has 1 aromatic carbocycles. The highest BCUT2D eigenvalue weighted by Crippen LogP contribution is 2.29. The molecular formula is C16H22F3N3O3S. The van der Waals surface area contributed by atoms with Gasteiger partial charge in [-0.05, 0) is 43.5 Å². The van der Waals surface area contributed by atoms with E-state index in [1.807, 2.05) is 0 Å². The van der Waals surface area contributed by atoms with Crippen LogP contribution in [0.3, 0.4) is 0 Å². The molecule has 1 aliphatic rings. The highest BCUT2D eigenvalue weighted by molar-refractivity contribution is 7.89. The summed E-state index contributed by atoms with van der Waals surface area (Å²) in [6.45, 7) is 2.52. The fraction of sp³-hybridized carbons (Fsp3) is 0.562. The van der Waals surface area contributed by atoms with Crippen LogP contribution in [0, 0.1) is 0 Å². The molecule has 0 radical (unpaired) electrons.